The molecule has 0 atom stereocenters. The summed E-state index contributed by atoms with van der Waals surface area (Å²) in [6.07, 6.45) is 1.96. The Morgan fingerprint density at radius 3 is 2.32 bits per heavy atom. The predicted octanol–water partition coefficient (Wildman–Crippen LogP) is 3.51. The number of nitrogens with one attached hydrogen (secondary N) is 1. The van der Waals surface area contributed by atoms with Gasteiger partial charge in [-0.1, -0.05) is 48.5 Å². The van der Waals surface area contributed by atoms with Crippen LogP contribution in [0, 0.1) is 6.92 Å². The van der Waals surface area contributed by atoms with E-state index in [1.54, 1.807) is 17.8 Å². The van der Waals surface area contributed by atoms with Gasteiger partial charge in [-0.25, -0.2) is 4.68 Å². The van der Waals surface area contributed by atoms with Crippen molar-refractivity contribution in [2.45, 2.75) is 13.5 Å². The standard InChI is InChI=1S/C22H21N5O/c1-16-13-20(26(2)24-16)22(28)23-14-18-15-27(19-11-7-4-8-12-19)25-21(18)17-9-5-3-6-10-17/h3-13,15H,14H2,1-2H3,(H,23,28). The smallest absolute Gasteiger partial charge is 0.269 e. The van der Waals surface area contributed by atoms with Crippen LogP contribution in [0.3, 0.4) is 0 Å². The van der Waals surface area contributed by atoms with Crippen molar-refractivity contribution in [2.75, 3.05) is 0 Å². The molecule has 0 spiro atoms. The average Bonchev–Trinajstić information content (AvgIpc) is 3.30. The van der Waals surface area contributed by atoms with E-state index in [1.165, 1.54) is 0 Å². The lowest BCUT2D eigenvalue weighted by molar-refractivity contribution is 0.0941. The summed E-state index contributed by atoms with van der Waals surface area (Å²) < 4.78 is 3.44. The first kappa shape index (κ1) is 17.7. The molecule has 2 aromatic carbocycles. The van der Waals surface area contributed by atoms with Gasteiger partial charge in [0.25, 0.3) is 5.91 Å². The van der Waals surface area contributed by atoms with Crippen molar-refractivity contribution in [3.05, 3.63) is 89.9 Å². The zero-order valence-corrected chi connectivity index (χ0v) is 15.8. The fraction of sp³-hybridized carbons (Fsp3) is 0.136. The van der Waals surface area contributed by atoms with Gasteiger partial charge in [0.1, 0.15) is 5.69 Å². The molecule has 0 aliphatic carbocycles. The van der Waals surface area contributed by atoms with Gasteiger partial charge >= 0.3 is 0 Å². The normalized spacial score (nSPS) is 10.8. The number of nitrogens with zero attached hydrogens (tertiary/aromatic N) is 4. The molecule has 1 amide bonds. The second kappa shape index (κ2) is 7.52. The summed E-state index contributed by atoms with van der Waals surface area (Å²) >= 11 is 0. The molecule has 0 aliphatic heterocycles. The lowest BCUT2D eigenvalue weighted by Gasteiger charge is -2.06. The van der Waals surface area contributed by atoms with Gasteiger partial charge < -0.3 is 5.32 Å². The molecule has 0 bridgehead atoms. The summed E-state index contributed by atoms with van der Waals surface area (Å²) in [6.45, 7) is 2.24. The first-order valence-corrected chi connectivity index (χ1v) is 9.10. The van der Waals surface area contributed by atoms with Crippen molar-refractivity contribution in [2.24, 2.45) is 7.05 Å². The van der Waals surface area contributed by atoms with E-state index in [0.717, 1.165) is 28.2 Å². The molecule has 6 nitrogen and oxygen atoms in total. The van der Waals surface area contributed by atoms with Crippen LogP contribution >= 0.6 is 0 Å². The lowest BCUT2D eigenvalue weighted by Crippen LogP contribution is -2.25. The van der Waals surface area contributed by atoms with Gasteiger partial charge in [-0.2, -0.15) is 10.2 Å². The molecule has 28 heavy (non-hydrogen) atoms. The van der Waals surface area contributed by atoms with Crippen molar-refractivity contribution in [3.63, 3.8) is 0 Å². The first-order valence-electron chi connectivity index (χ1n) is 9.10. The minimum absolute atomic E-state index is 0.158. The Labute approximate surface area is 163 Å². The maximum Gasteiger partial charge on any atom is 0.269 e. The van der Waals surface area contributed by atoms with Gasteiger partial charge in [0.2, 0.25) is 0 Å². The highest BCUT2D eigenvalue weighted by molar-refractivity contribution is 5.92. The number of hydrogen-bond acceptors (Lipinski definition) is 3. The fourth-order valence-electron chi connectivity index (χ4n) is 3.18. The van der Waals surface area contributed by atoms with Crippen LogP contribution in [0.4, 0.5) is 0 Å². The third kappa shape index (κ3) is 3.57. The number of carbonyl (C=O) groups is 1. The summed E-state index contributed by atoms with van der Waals surface area (Å²) in [5.41, 5.74) is 5.13. The molecule has 4 aromatic rings. The Morgan fingerprint density at radius 2 is 1.68 bits per heavy atom. The monoisotopic (exact) mass is 371 g/mol. The van der Waals surface area contributed by atoms with Crippen molar-refractivity contribution in [1.29, 1.82) is 0 Å². The number of amides is 1. The molecule has 0 fully saturated rings. The number of rotatable bonds is 5. The summed E-state index contributed by atoms with van der Waals surface area (Å²) in [6, 6.07) is 21.7. The molecule has 2 heterocycles. The zero-order chi connectivity index (χ0) is 19.5. The Kier molecular flexibility index (Phi) is 4.76. The third-order valence-corrected chi connectivity index (χ3v) is 4.53. The number of para-hydroxylation sites is 1. The number of hydrogen-bond donors (Lipinski definition) is 1. The lowest BCUT2D eigenvalue weighted by atomic mass is 10.1. The van der Waals surface area contributed by atoms with Gasteiger partial charge in [0.15, 0.2) is 0 Å². The Hall–Kier alpha value is -3.67. The van der Waals surface area contributed by atoms with Crippen LogP contribution in [0.25, 0.3) is 16.9 Å². The van der Waals surface area contributed by atoms with E-state index in [4.69, 9.17) is 5.10 Å². The summed E-state index contributed by atoms with van der Waals surface area (Å²) in [5.74, 6) is -0.158. The number of benzene rings is 2. The third-order valence-electron chi connectivity index (χ3n) is 4.53. The highest BCUT2D eigenvalue weighted by Crippen LogP contribution is 2.23. The van der Waals surface area contributed by atoms with E-state index in [0.29, 0.717) is 12.2 Å². The molecule has 0 saturated heterocycles. The molecule has 0 radical (unpaired) electrons. The maximum atomic E-state index is 12.6. The second-order valence-electron chi connectivity index (χ2n) is 6.63. The van der Waals surface area contributed by atoms with Crippen molar-refractivity contribution >= 4 is 5.91 Å². The summed E-state index contributed by atoms with van der Waals surface area (Å²) in [7, 11) is 1.77. The molecule has 6 heteroatoms. The minimum Gasteiger partial charge on any atom is -0.346 e. The Morgan fingerprint density at radius 1 is 1.00 bits per heavy atom. The van der Waals surface area contributed by atoms with Crippen molar-refractivity contribution in [1.82, 2.24) is 24.9 Å². The van der Waals surface area contributed by atoms with Crippen molar-refractivity contribution in [3.8, 4) is 16.9 Å². The molecule has 0 aliphatic rings. The molecule has 0 unspecified atom stereocenters. The maximum absolute atomic E-state index is 12.6. The van der Waals surface area contributed by atoms with Gasteiger partial charge in [-0.3, -0.25) is 9.48 Å². The van der Waals surface area contributed by atoms with Crippen molar-refractivity contribution < 1.29 is 4.79 Å². The quantitative estimate of drug-likeness (QED) is 0.584. The number of aromatic nitrogens is 4. The van der Waals surface area contributed by atoms with Crippen LogP contribution in [-0.4, -0.2) is 25.5 Å². The average molecular weight is 371 g/mol. The molecule has 2 aromatic heterocycles. The Bertz CT molecular complexity index is 1100. The molecular weight excluding hydrogens is 350 g/mol. The largest absolute Gasteiger partial charge is 0.346 e. The molecule has 1 N–H and O–H groups in total. The van der Waals surface area contributed by atoms with Gasteiger partial charge in [-0.15, -0.1) is 0 Å². The van der Waals surface area contributed by atoms with Crippen LogP contribution in [0.1, 0.15) is 21.7 Å². The summed E-state index contributed by atoms with van der Waals surface area (Å²) in [4.78, 5) is 12.6. The predicted molar refractivity (Wildman–Crippen MR) is 108 cm³/mol. The molecular formula is C22H21N5O. The first-order chi connectivity index (χ1) is 13.6. The molecule has 4 rings (SSSR count). The highest BCUT2D eigenvalue weighted by atomic mass is 16.2. The van der Waals surface area contributed by atoms with E-state index in [2.05, 4.69) is 10.4 Å². The SMILES string of the molecule is Cc1cc(C(=O)NCc2cn(-c3ccccc3)nc2-c2ccccc2)n(C)n1. The molecule has 0 saturated carbocycles. The van der Waals surface area contributed by atoms with E-state index >= 15 is 0 Å². The number of aryl methyl sites for hydroxylation is 2. The molecule has 140 valence electrons. The van der Waals surface area contributed by atoms with Gasteiger partial charge in [0, 0.05) is 30.9 Å². The van der Waals surface area contributed by atoms with Crippen LogP contribution in [0.2, 0.25) is 0 Å². The van der Waals surface area contributed by atoms with Crippen LogP contribution in [0.15, 0.2) is 72.9 Å². The van der Waals surface area contributed by atoms with E-state index < -0.39 is 0 Å². The van der Waals surface area contributed by atoms with Gasteiger partial charge in [0.05, 0.1) is 17.1 Å². The second-order valence-corrected chi connectivity index (χ2v) is 6.63. The highest BCUT2D eigenvalue weighted by Gasteiger charge is 2.15. The topological polar surface area (TPSA) is 64.7 Å². The van der Waals surface area contributed by atoms with E-state index in [9.17, 15) is 4.79 Å². The van der Waals surface area contributed by atoms with E-state index in [-0.39, 0.29) is 5.91 Å². The summed E-state index contributed by atoms with van der Waals surface area (Å²) in [5, 5.41) is 12.0. The van der Waals surface area contributed by atoms with Crippen LogP contribution < -0.4 is 5.32 Å². The zero-order valence-electron chi connectivity index (χ0n) is 15.8. The van der Waals surface area contributed by atoms with Crippen LogP contribution in [0.5, 0.6) is 0 Å². The van der Waals surface area contributed by atoms with Gasteiger partial charge in [-0.05, 0) is 25.1 Å². The minimum atomic E-state index is -0.158. The van der Waals surface area contributed by atoms with Crippen LogP contribution in [-0.2, 0) is 13.6 Å². The fourth-order valence-corrected chi connectivity index (χ4v) is 3.18. The van der Waals surface area contributed by atoms with E-state index in [1.807, 2.05) is 78.5 Å². The number of carbonyl (C=O) groups excluding carboxylic acids is 1. The Balaban J connectivity index is 1.64.